The van der Waals surface area contributed by atoms with Gasteiger partial charge >= 0.3 is 0 Å². The molecule has 1 N–H and O–H groups in total. The molecule has 0 saturated carbocycles. The highest BCUT2D eigenvalue weighted by atomic mass is 32.2. The van der Waals surface area contributed by atoms with Crippen molar-refractivity contribution in [2.75, 3.05) is 31.6 Å². The number of amides is 3. The molecule has 3 amide bonds. The molecule has 2 aromatic rings. The molecule has 0 bridgehead atoms. The predicted octanol–water partition coefficient (Wildman–Crippen LogP) is 2.20. The highest BCUT2D eigenvalue weighted by Gasteiger charge is 2.43. The topological polar surface area (TPSA) is 126 Å². The summed E-state index contributed by atoms with van der Waals surface area (Å²) in [5.41, 5.74) is 1.08. The van der Waals surface area contributed by atoms with Crippen molar-refractivity contribution in [3.63, 3.8) is 0 Å². The Morgan fingerprint density at radius 2 is 2.03 bits per heavy atom. The number of hydrogen-bond donors (Lipinski definition) is 1. The predicted molar refractivity (Wildman–Crippen MR) is 130 cm³/mol. The van der Waals surface area contributed by atoms with Crippen molar-refractivity contribution in [2.45, 2.75) is 43.6 Å². The number of pyridine rings is 1. The number of nitrogens with zero attached hydrogens (tertiary/aromatic N) is 3. The fourth-order valence-electron chi connectivity index (χ4n) is 4.96. The Bertz CT molecular complexity index is 1320. The molecular formula is C25H28N4O6S. The van der Waals surface area contributed by atoms with Gasteiger partial charge in [-0.1, -0.05) is 6.07 Å². The number of aryl methyl sites for hydroxylation is 1. The zero-order valence-corrected chi connectivity index (χ0v) is 20.8. The minimum atomic E-state index is -4.07. The van der Waals surface area contributed by atoms with E-state index in [1.807, 2.05) is 13.0 Å². The first kappa shape index (κ1) is 24.4. The molecule has 5 rings (SSSR count). The van der Waals surface area contributed by atoms with Crippen molar-refractivity contribution in [1.82, 2.24) is 14.2 Å². The van der Waals surface area contributed by atoms with Crippen LogP contribution in [0.15, 0.2) is 41.4 Å². The third-order valence-corrected chi connectivity index (χ3v) is 8.77. The molecule has 2 fully saturated rings. The fourth-order valence-corrected chi connectivity index (χ4v) is 6.58. The van der Waals surface area contributed by atoms with Gasteiger partial charge in [0.2, 0.25) is 5.91 Å². The molecule has 2 unspecified atom stereocenters. The maximum Gasteiger partial charge on any atom is 0.269 e. The normalized spacial score (nSPS) is 23.0. The Balaban J connectivity index is 1.31. The van der Waals surface area contributed by atoms with Crippen LogP contribution in [0.25, 0.3) is 0 Å². The molecule has 3 aliphatic rings. The number of aromatic nitrogens is 1. The van der Waals surface area contributed by atoms with E-state index in [0.29, 0.717) is 38.2 Å². The number of ether oxygens (including phenoxy) is 1. The molecule has 3 aliphatic heterocycles. The van der Waals surface area contributed by atoms with E-state index in [2.05, 4.69) is 10.3 Å². The van der Waals surface area contributed by atoms with E-state index in [-0.39, 0.29) is 47.0 Å². The summed E-state index contributed by atoms with van der Waals surface area (Å²) in [5, 5.41) is 2.84. The monoisotopic (exact) mass is 512 g/mol. The highest BCUT2D eigenvalue weighted by Crippen LogP contribution is 2.33. The summed E-state index contributed by atoms with van der Waals surface area (Å²) in [7, 11) is -4.07. The van der Waals surface area contributed by atoms with Gasteiger partial charge in [-0.2, -0.15) is 0 Å². The molecule has 36 heavy (non-hydrogen) atoms. The lowest BCUT2D eigenvalue weighted by atomic mass is 9.96. The van der Waals surface area contributed by atoms with Crippen LogP contribution in [-0.4, -0.2) is 72.7 Å². The Hall–Kier alpha value is -3.31. The van der Waals surface area contributed by atoms with E-state index < -0.39 is 21.8 Å². The van der Waals surface area contributed by atoms with E-state index in [1.165, 1.54) is 18.2 Å². The number of nitrogens with one attached hydrogen (secondary N) is 1. The van der Waals surface area contributed by atoms with Crippen molar-refractivity contribution in [3.8, 4) is 0 Å². The van der Waals surface area contributed by atoms with Gasteiger partial charge in [0.25, 0.3) is 21.8 Å². The Morgan fingerprint density at radius 1 is 1.19 bits per heavy atom. The van der Waals surface area contributed by atoms with Crippen LogP contribution in [0.1, 0.15) is 52.0 Å². The lowest BCUT2D eigenvalue weighted by Crippen LogP contribution is -2.43. The van der Waals surface area contributed by atoms with E-state index in [4.69, 9.17) is 4.74 Å². The number of carbonyl (C=O) groups is 3. The van der Waals surface area contributed by atoms with Crippen LogP contribution in [0.5, 0.6) is 0 Å². The zero-order chi connectivity index (χ0) is 25.4. The zero-order valence-electron chi connectivity index (χ0n) is 20.0. The van der Waals surface area contributed by atoms with Gasteiger partial charge in [-0.25, -0.2) is 17.7 Å². The van der Waals surface area contributed by atoms with Crippen LogP contribution in [0, 0.1) is 12.8 Å². The summed E-state index contributed by atoms with van der Waals surface area (Å²) in [6.45, 7) is 3.05. The van der Waals surface area contributed by atoms with E-state index in [9.17, 15) is 22.8 Å². The van der Waals surface area contributed by atoms with E-state index in [1.54, 1.807) is 17.2 Å². The minimum absolute atomic E-state index is 0.0300. The SMILES string of the molecule is Cc1cccnc1NC(=O)C1CCCN(C(=O)c2ccc3c(c2)S(=O)(=O)N(CC2CCCO2)C3=O)C1. The van der Waals surface area contributed by atoms with Gasteiger partial charge < -0.3 is 15.0 Å². The van der Waals surface area contributed by atoms with Gasteiger partial charge in [-0.3, -0.25) is 14.4 Å². The van der Waals surface area contributed by atoms with Crippen LogP contribution < -0.4 is 5.32 Å². The summed E-state index contributed by atoms with van der Waals surface area (Å²) in [4.78, 5) is 44.6. The average Bonchev–Trinajstić information content (AvgIpc) is 3.46. The minimum Gasteiger partial charge on any atom is -0.376 e. The van der Waals surface area contributed by atoms with Crippen molar-refractivity contribution < 1.29 is 27.5 Å². The summed E-state index contributed by atoms with van der Waals surface area (Å²) in [5.74, 6) is -1.09. The number of rotatable bonds is 5. The first-order chi connectivity index (χ1) is 17.3. The van der Waals surface area contributed by atoms with Crippen LogP contribution in [0.3, 0.4) is 0 Å². The molecule has 2 saturated heterocycles. The molecule has 0 radical (unpaired) electrons. The third-order valence-electron chi connectivity index (χ3n) is 6.98. The molecule has 2 atom stereocenters. The van der Waals surface area contributed by atoms with Gasteiger partial charge in [0, 0.05) is 31.5 Å². The number of piperidine rings is 1. The molecule has 11 heteroatoms. The Morgan fingerprint density at radius 3 is 2.78 bits per heavy atom. The van der Waals surface area contributed by atoms with Crippen LogP contribution in [0.2, 0.25) is 0 Å². The molecule has 0 aliphatic carbocycles. The molecule has 10 nitrogen and oxygen atoms in total. The van der Waals surface area contributed by atoms with Gasteiger partial charge in [0.15, 0.2) is 0 Å². The third kappa shape index (κ3) is 4.48. The molecule has 1 aromatic carbocycles. The van der Waals surface area contributed by atoms with E-state index >= 15 is 0 Å². The van der Waals surface area contributed by atoms with Crippen LogP contribution in [0.4, 0.5) is 5.82 Å². The van der Waals surface area contributed by atoms with Crippen molar-refractivity contribution >= 4 is 33.6 Å². The van der Waals surface area contributed by atoms with Gasteiger partial charge in [-0.05, 0) is 62.4 Å². The largest absolute Gasteiger partial charge is 0.376 e. The number of fused-ring (bicyclic) bond motifs is 1. The first-order valence-corrected chi connectivity index (χ1v) is 13.5. The number of sulfonamides is 1. The van der Waals surface area contributed by atoms with Crippen LogP contribution in [-0.2, 0) is 19.6 Å². The standard InChI is InChI=1S/C25H28N4O6S/c1-16-5-2-10-26-22(16)27-23(30)18-6-3-11-28(14-18)24(31)17-8-9-20-21(13-17)36(33,34)29(25(20)32)15-19-7-4-12-35-19/h2,5,8-10,13,18-19H,3-4,6-7,11-12,14-15H2,1H3,(H,26,27,30). The lowest BCUT2D eigenvalue weighted by molar-refractivity contribution is -0.121. The summed E-state index contributed by atoms with van der Waals surface area (Å²) in [6, 6.07) is 7.80. The number of hydrogen-bond acceptors (Lipinski definition) is 7. The van der Waals surface area contributed by atoms with Crippen LogP contribution >= 0.6 is 0 Å². The second-order valence-electron chi connectivity index (χ2n) is 9.44. The molecule has 0 spiro atoms. The van der Waals surface area contributed by atoms with Gasteiger partial charge in [-0.15, -0.1) is 0 Å². The van der Waals surface area contributed by atoms with E-state index in [0.717, 1.165) is 16.3 Å². The average molecular weight is 513 g/mol. The second-order valence-corrected chi connectivity index (χ2v) is 11.3. The number of carbonyl (C=O) groups excluding carboxylic acids is 3. The number of likely N-dealkylation sites (tertiary alicyclic amines) is 1. The molecule has 4 heterocycles. The lowest BCUT2D eigenvalue weighted by Gasteiger charge is -2.32. The van der Waals surface area contributed by atoms with Crippen molar-refractivity contribution in [3.05, 3.63) is 53.2 Å². The maximum atomic E-state index is 13.3. The Kier molecular flexibility index (Phi) is 6.52. The molecular weight excluding hydrogens is 484 g/mol. The summed E-state index contributed by atoms with van der Waals surface area (Å²) < 4.78 is 32.6. The molecule has 190 valence electrons. The smallest absolute Gasteiger partial charge is 0.269 e. The second kappa shape index (κ2) is 9.62. The number of benzene rings is 1. The summed E-state index contributed by atoms with van der Waals surface area (Å²) >= 11 is 0. The van der Waals surface area contributed by atoms with Gasteiger partial charge in [0.1, 0.15) is 10.7 Å². The fraction of sp³-hybridized carbons (Fsp3) is 0.440. The maximum absolute atomic E-state index is 13.3. The van der Waals surface area contributed by atoms with Gasteiger partial charge in [0.05, 0.1) is 24.1 Å². The molecule has 1 aromatic heterocycles. The van der Waals surface area contributed by atoms with Crippen molar-refractivity contribution in [2.24, 2.45) is 5.92 Å². The van der Waals surface area contributed by atoms with Crippen molar-refractivity contribution in [1.29, 1.82) is 0 Å². The highest BCUT2D eigenvalue weighted by molar-refractivity contribution is 7.90. The quantitative estimate of drug-likeness (QED) is 0.651. The first-order valence-electron chi connectivity index (χ1n) is 12.1. The number of anilines is 1. The summed E-state index contributed by atoms with van der Waals surface area (Å²) in [6.07, 6.45) is 4.09. The Labute approximate surface area is 209 Å².